The molecule has 3 N–H and O–H groups in total. The van der Waals surface area contributed by atoms with E-state index in [1.54, 1.807) is 0 Å². The molecule has 0 atom stereocenters. The molecule has 1 saturated carbocycles. The van der Waals surface area contributed by atoms with Gasteiger partial charge in [0.1, 0.15) is 0 Å². The Hall–Kier alpha value is -0.650. The first kappa shape index (κ1) is 13.4. The van der Waals surface area contributed by atoms with Gasteiger partial charge in [0, 0.05) is 26.2 Å². The van der Waals surface area contributed by atoms with Gasteiger partial charge < -0.3 is 15.8 Å². The monoisotopic (exact) mass is 229 g/mol. The van der Waals surface area contributed by atoms with E-state index in [2.05, 4.69) is 5.32 Å². The molecule has 1 fully saturated rings. The smallest absolute Gasteiger partial charge is 0.234 e. The summed E-state index contributed by atoms with van der Waals surface area (Å²) < 4.78 is 5.50. The van der Waals surface area contributed by atoms with E-state index < -0.39 is 0 Å². The maximum atomic E-state index is 11.3. The molecule has 0 radical (unpaired) electrons. The van der Waals surface area contributed by atoms with Gasteiger partial charge in [-0.05, 0) is 25.8 Å². The van der Waals surface area contributed by atoms with Gasteiger partial charge in [-0.1, -0.05) is 0 Å². The maximum Gasteiger partial charge on any atom is 0.234 e. The van der Waals surface area contributed by atoms with E-state index in [0.29, 0.717) is 26.2 Å². The number of carbonyl (C=O) groups excluding carboxylic acids is 1. The van der Waals surface area contributed by atoms with Crippen LogP contribution in [0.1, 0.15) is 12.8 Å². The van der Waals surface area contributed by atoms with E-state index in [0.717, 1.165) is 19.1 Å². The number of nitrogens with zero attached hydrogens (tertiary/aromatic N) is 1. The lowest BCUT2D eigenvalue weighted by molar-refractivity contribution is -0.122. The molecule has 5 heteroatoms. The van der Waals surface area contributed by atoms with Crippen LogP contribution in [0.25, 0.3) is 0 Å². The maximum absolute atomic E-state index is 11.3. The SMILES string of the molecule is CN(CCOCC1CC1)CC(=O)NCCN. The van der Waals surface area contributed by atoms with E-state index in [1.807, 2.05) is 11.9 Å². The number of amides is 1. The molecule has 1 aliphatic carbocycles. The number of likely N-dealkylation sites (N-methyl/N-ethyl adjacent to an activating group) is 1. The predicted molar refractivity (Wildman–Crippen MR) is 63.1 cm³/mol. The second-order valence-corrected chi connectivity index (χ2v) is 4.39. The Morgan fingerprint density at radius 2 is 2.31 bits per heavy atom. The third-order valence-electron chi connectivity index (χ3n) is 2.55. The molecule has 0 aromatic carbocycles. The number of nitrogens with two attached hydrogens (primary N) is 1. The Bertz CT molecular complexity index is 207. The third kappa shape index (κ3) is 6.76. The van der Waals surface area contributed by atoms with Gasteiger partial charge in [0.2, 0.25) is 5.91 Å². The van der Waals surface area contributed by atoms with Crippen molar-refractivity contribution in [2.75, 3.05) is 46.4 Å². The highest BCUT2D eigenvalue weighted by Gasteiger charge is 2.20. The molecule has 1 aliphatic rings. The van der Waals surface area contributed by atoms with Crippen molar-refractivity contribution in [2.24, 2.45) is 11.7 Å². The lowest BCUT2D eigenvalue weighted by Crippen LogP contribution is -2.38. The first-order chi connectivity index (χ1) is 7.72. The van der Waals surface area contributed by atoms with Crippen molar-refractivity contribution < 1.29 is 9.53 Å². The Balaban J connectivity index is 1.91. The summed E-state index contributed by atoms with van der Waals surface area (Å²) in [5.74, 6) is 0.827. The summed E-state index contributed by atoms with van der Waals surface area (Å²) in [4.78, 5) is 13.3. The van der Waals surface area contributed by atoms with Crippen LogP contribution in [0, 0.1) is 5.92 Å². The average molecular weight is 229 g/mol. The molecule has 94 valence electrons. The lowest BCUT2D eigenvalue weighted by atomic mass is 10.4. The molecule has 0 bridgehead atoms. The van der Waals surface area contributed by atoms with Crippen LogP contribution in [-0.2, 0) is 9.53 Å². The minimum Gasteiger partial charge on any atom is -0.380 e. The number of hydrogen-bond acceptors (Lipinski definition) is 4. The van der Waals surface area contributed by atoms with Gasteiger partial charge in [-0.15, -0.1) is 0 Å². The number of hydrogen-bond donors (Lipinski definition) is 2. The number of nitrogens with one attached hydrogen (secondary N) is 1. The van der Waals surface area contributed by atoms with E-state index in [4.69, 9.17) is 10.5 Å². The third-order valence-corrected chi connectivity index (χ3v) is 2.55. The summed E-state index contributed by atoms with van der Waals surface area (Å²) in [5, 5.41) is 2.74. The van der Waals surface area contributed by atoms with Crippen LogP contribution >= 0.6 is 0 Å². The molecular weight excluding hydrogens is 206 g/mol. The summed E-state index contributed by atoms with van der Waals surface area (Å²) in [5.41, 5.74) is 5.29. The van der Waals surface area contributed by atoms with Crippen LogP contribution in [0.3, 0.4) is 0 Å². The molecule has 5 nitrogen and oxygen atoms in total. The van der Waals surface area contributed by atoms with Gasteiger partial charge in [-0.3, -0.25) is 9.69 Å². The molecule has 0 aromatic heterocycles. The average Bonchev–Trinajstić information content (AvgIpc) is 3.05. The van der Waals surface area contributed by atoms with E-state index in [1.165, 1.54) is 12.8 Å². The number of ether oxygens (including phenoxy) is 1. The van der Waals surface area contributed by atoms with Crippen molar-refractivity contribution in [3.63, 3.8) is 0 Å². The minimum absolute atomic E-state index is 0.0233. The van der Waals surface area contributed by atoms with Gasteiger partial charge in [0.25, 0.3) is 0 Å². The van der Waals surface area contributed by atoms with Crippen LogP contribution in [0.5, 0.6) is 0 Å². The van der Waals surface area contributed by atoms with Crippen molar-refractivity contribution in [1.29, 1.82) is 0 Å². The molecule has 1 amide bonds. The van der Waals surface area contributed by atoms with Crippen molar-refractivity contribution >= 4 is 5.91 Å². The topological polar surface area (TPSA) is 67.6 Å². The first-order valence-electron chi connectivity index (χ1n) is 5.95. The molecule has 0 aliphatic heterocycles. The number of rotatable bonds is 9. The van der Waals surface area contributed by atoms with Crippen LogP contribution in [0.4, 0.5) is 0 Å². The van der Waals surface area contributed by atoms with E-state index in [-0.39, 0.29) is 5.91 Å². The largest absolute Gasteiger partial charge is 0.380 e. The summed E-state index contributed by atoms with van der Waals surface area (Å²) in [7, 11) is 1.92. The Labute approximate surface area is 97.3 Å². The van der Waals surface area contributed by atoms with Crippen LogP contribution in [0.2, 0.25) is 0 Å². The summed E-state index contributed by atoms with van der Waals surface area (Å²) in [6, 6.07) is 0. The highest BCUT2D eigenvalue weighted by atomic mass is 16.5. The fraction of sp³-hybridized carbons (Fsp3) is 0.909. The van der Waals surface area contributed by atoms with Crippen LogP contribution in [-0.4, -0.2) is 57.2 Å². The molecular formula is C11H23N3O2. The fourth-order valence-corrected chi connectivity index (χ4v) is 1.35. The summed E-state index contributed by atoms with van der Waals surface area (Å²) >= 11 is 0. The molecule has 0 heterocycles. The predicted octanol–water partition coefficient (Wildman–Crippen LogP) is -0.580. The summed E-state index contributed by atoms with van der Waals surface area (Å²) in [6.45, 7) is 3.82. The van der Waals surface area contributed by atoms with Gasteiger partial charge in [0.15, 0.2) is 0 Å². The summed E-state index contributed by atoms with van der Waals surface area (Å²) in [6.07, 6.45) is 2.63. The Morgan fingerprint density at radius 1 is 1.56 bits per heavy atom. The van der Waals surface area contributed by atoms with Crippen molar-refractivity contribution in [2.45, 2.75) is 12.8 Å². The second-order valence-electron chi connectivity index (χ2n) is 4.39. The van der Waals surface area contributed by atoms with Crippen LogP contribution < -0.4 is 11.1 Å². The van der Waals surface area contributed by atoms with E-state index in [9.17, 15) is 4.79 Å². The fourth-order valence-electron chi connectivity index (χ4n) is 1.35. The zero-order valence-corrected chi connectivity index (χ0v) is 10.1. The quantitative estimate of drug-likeness (QED) is 0.519. The zero-order valence-electron chi connectivity index (χ0n) is 10.1. The first-order valence-corrected chi connectivity index (χ1v) is 5.95. The molecule has 16 heavy (non-hydrogen) atoms. The Morgan fingerprint density at radius 3 is 2.94 bits per heavy atom. The molecule has 0 spiro atoms. The number of carbonyl (C=O) groups is 1. The van der Waals surface area contributed by atoms with Gasteiger partial charge in [-0.25, -0.2) is 0 Å². The van der Waals surface area contributed by atoms with Crippen molar-refractivity contribution in [3.05, 3.63) is 0 Å². The highest BCUT2D eigenvalue weighted by Crippen LogP contribution is 2.28. The van der Waals surface area contributed by atoms with E-state index >= 15 is 0 Å². The van der Waals surface area contributed by atoms with Crippen LogP contribution in [0.15, 0.2) is 0 Å². The van der Waals surface area contributed by atoms with Crippen molar-refractivity contribution in [3.8, 4) is 0 Å². The molecule has 0 saturated heterocycles. The zero-order chi connectivity index (χ0) is 11.8. The highest BCUT2D eigenvalue weighted by molar-refractivity contribution is 5.77. The van der Waals surface area contributed by atoms with Crippen molar-refractivity contribution in [1.82, 2.24) is 10.2 Å². The Kier molecular flexibility index (Phi) is 6.37. The molecule has 0 unspecified atom stereocenters. The van der Waals surface area contributed by atoms with Gasteiger partial charge >= 0.3 is 0 Å². The normalized spacial score (nSPS) is 15.4. The molecule has 1 rings (SSSR count). The van der Waals surface area contributed by atoms with Gasteiger partial charge in [-0.2, -0.15) is 0 Å². The molecule has 0 aromatic rings. The minimum atomic E-state index is 0.0233. The van der Waals surface area contributed by atoms with Gasteiger partial charge in [0.05, 0.1) is 13.2 Å². The lowest BCUT2D eigenvalue weighted by Gasteiger charge is -2.16. The second kappa shape index (κ2) is 7.60. The standard InChI is InChI=1S/C11H23N3O2/c1-14(8-11(15)13-5-4-12)6-7-16-9-10-2-3-10/h10H,2-9,12H2,1H3,(H,13,15).